The van der Waals surface area contributed by atoms with E-state index in [1.165, 1.54) is 4.31 Å². The van der Waals surface area contributed by atoms with E-state index in [-0.39, 0.29) is 19.1 Å². The average molecular weight is 306 g/mol. The van der Waals surface area contributed by atoms with Crippen LogP contribution in [0.25, 0.3) is 0 Å². The molecule has 116 valence electrons. The van der Waals surface area contributed by atoms with Crippen molar-refractivity contribution in [1.29, 1.82) is 0 Å². The molecule has 0 aromatic heterocycles. The van der Waals surface area contributed by atoms with Crippen LogP contribution >= 0.6 is 0 Å². The Morgan fingerprint density at radius 3 is 2.50 bits per heavy atom. The van der Waals surface area contributed by atoms with E-state index in [1.54, 1.807) is 0 Å². The molecule has 2 fully saturated rings. The lowest BCUT2D eigenvalue weighted by Crippen LogP contribution is -2.55. The molecule has 3 atom stereocenters. The predicted molar refractivity (Wildman–Crippen MR) is 72.3 cm³/mol. The van der Waals surface area contributed by atoms with Crippen LogP contribution in [0.5, 0.6) is 0 Å². The number of rotatable bonds is 4. The van der Waals surface area contributed by atoms with Gasteiger partial charge in [0.1, 0.15) is 6.04 Å². The number of aliphatic hydroxyl groups is 1. The molecule has 0 aromatic rings. The second-order valence-electron chi connectivity index (χ2n) is 5.59. The number of carbonyl (C=O) groups is 1. The van der Waals surface area contributed by atoms with Crippen LogP contribution < -0.4 is 0 Å². The maximum atomic E-state index is 12.7. The van der Waals surface area contributed by atoms with E-state index in [2.05, 4.69) is 0 Å². The van der Waals surface area contributed by atoms with Crippen molar-refractivity contribution >= 4 is 16.2 Å². The van der Waals surface area contributed by atoms with Gasteiger partial charge in [0.2, 0.25) is 0 Å². The Labute approximate surface area is 119 Å². The summed E-state index contributed by atoms with van der Waals surface area (Å²) in [5, 5.41) is 18.6. The molecule has 20 heavy (non-hydrogen) atoms. The third kappa shape index (κ3) is 2.69. The summed E-state index contributed by atoms with van der Waals surface area (Å²) in [5.41, 5.74) is 0. The average Bonchev–Trinajstić information content (AvgIpc) is 2.80. The molecule has 2 aliphatic rings. The normalized spacial score (nSPS) is 33.4. The molecule has 0 radical (unpaired) electrons. The quantitative estimate of drug-likeness (QED) is 0.754. The maximum Gasteiger partial charge on any atom is 0.322 e. The van der Waals surface area contributed by atoms with Crippen LogP contribution in [-0.4, -0.2) is 65.0 Å². The van der Waals surface area contributed by atoms with Crippen LogP contribution in [0.15, 0.2) is 0 Å². The molecule has 8 heteroatoms. The van der Waals surface area contributed by atoms with Gasteiger partial charge in [-0.15, -0.1) is 0 Å². The smallest absolute Gasteiger partial charge is 0.322 e. The second kappa shape index (κ2) is 5.97. The first kappa shape index (κ1) is 15.7. The Morgan fingerprint density at radius 2 is 1.90 bits per heavy atom. The molecular weight excluding hydrogens is 284 g/mol. The Hall–Kier alpha value is -0.700. The first-order chi connectivity index (χ1) is 9.39. The van der Waals surface area contributed by atoms with Gasteiger partial charge in [0.05, 0.1) is 12.6 Å². The molecule has 0 spiro atoms. The molecule has 2 aliphatic heterocycles. The van der Waals surface area contributed by atoms with E-state index >= 15 is 0 Å². The van der Waals surface area contributed by atoms with Gasteiger partial charge in [-0.2, -0.15) is 17.0 Å². The van der Waals surface area contributed by atoms with Gasteiger partial charge in [0.25, 0.3) is 10.2 Å². The standard InChI is InChI=1S/C12H22N2O5S/c1-9-5-7-14(11(9)8-15)20(18,19)13-6-3-2-4-10(13)12(16)17/h9-11,15H,2-8H2,1H3,(H,16,17). The van der Waals surface area contributed by atoms with Crippen LogP contribution in [-0.2, 0) is 15.0 Å². The van der Waals surface area contributed by atoms with Gasteiger partial charge in [0, 0.05) is 13.1 Å². The maximum absolute atomic E-state index is 12.7. The number of hydrogen-bond acceptors (Lipinski definition) is 4. The number of carboxylic acids is 1. The molecule has 2 N–H and O–H groups in total. The number of nitrogens with zero attached hydrogens (tertiary/aromatic N) is 2. The third-order valence-corrected chi connectivity index (χ3v) is 6.43. The van der Waals surface area contributed by atoms with E-state index < -0.39 is 28.3 Å². The Balaban J connectivity index is 2.26. The van der Waals surface area contributed by atoms with Gasteiger partial charge in [-0.1, -0.05) is 6.92 Å². The molecule has 2 saturated heterocycles. The lowest BCUT2D eigenvalue weighted by Gasteiger charge is -2.36. The molecule has 7 nitrogen and oxygen atoms in total. The van der Waals surface area contributed by atoms with E-state index in [1.807, 2.05) is 6.92 Å². The van der Waals surface area contributed by atoms with Crippen LogP contribution in [0.4, 0.5) is 0 Å². The monoisotopic (exact) mass is 306 g/mol. The van der Waals surface area contributed by atoms with Crippen molar-refractivity contribution in [3.8, 4) is 0 Å². The minimum Gasteiger partial charge on any atom is -0.480 e. The zero-order chi connectivity index (χ0) is 14.9. The van der Waals surface area contributed by atoms with E-state index in [0.29, 0.717) is 25.8 Å². The molecule has 0 amide bonds. The number of carboxylic acid groups (broad SMARTS) is 1. The predicted octanol–water partition coefficient (Wildman–Crippen LogP) is -0.127. The lowest BCUT2D eigenvalue weighted by atomic mass is 10.0. The topological polar surface area (TPSA) is 98.2 Å². The fourth-order valence-electron chi connectivity index (χ4n) is 3.09. The highest BCUT2D eigenvalue weighted by molar-refractivity contribution is 7.86. The summed E-state index contributed by atoms with van der Waals surface area (Å²) in [6.45, 7) is 2.26. The van der Waals surface area contributed by atoms with Crippen molar-refractivity contribution in [2.45, 2.75) is 44.7 Å². The van der Waals surface area contributed by atoms with Gasteiger partial charge in [0.15, 0.2) is 0 Å². The summed E-state index contributed by atoms with van der Waals surface area (Å²) in [4.78, 5) is 11.3. The van der Waals surface area contributed by atoms with E-state index in [4.69, 9.17) is 0 Å². The molecule has 2 heterocycles. The van der Waals surface area contributed by atoms with Crippen LogP contribution in [0.1, 0.15) is 32.6 Å². The SMILES string of the molecule is CC1CCN(S(=O)(=O)N2CCCCC2C(=O)O)C1CO. The molecule has 0 aliphatic carbocycles. The van der Waals surface area contributed by atoms with Gasteiger partial charge >= 0.3 is 5.97 Å². The summed E-state index contributed by atoms with van der Waals surface area (Å²) in [6.07, 6.45) is 2.44. The summed E-state index contributed by atoms with van der Waals surface area (Å²) < 4.78 is 27.8. The van der Waals surface area contributed by atoms with Crippen LogP contribution in [0.3, 0.4) is 0 Å². The van der Waals surface area contributed by atoms with Crippen molar-refractivity contribution < 1.29 is 23.4 Å². The van der Waals surface area contributed by atoms with Gasteiger partial charge in [-0.05, 0) is 31.6 Å². The Kier molecular flexibility index (Phi) is 4.68. The molecule has 3 unspecified atom stereocenters. The molecule has 2 rings (SSSR count). The largest absolute Gasteiger partial charge is 0.480 e. The van der Waals surface area contributed by atoms with Gasteiger partial charge < -0.3 is 10.2 Å². The highest BCUT2D eigenvalue weighted by Crippen LogP contribution is 2.31. The zero-order valence-electron chi connectivity index (χ0n) is 11.6. The van der Waals surface area contributed by atoms with Crippen molar-refractivity contribution in [3.63, 3.8) is 0 Å². The minimum absolute atomic E-state index is 0.0860. The highest BCUT2D eigenvalue weighted by atomic mass is 32.2. The van der Waals surface area contributed by atoms with Gasteiger partial charge in [-0.25, -0.2) is 0 Å². The van der Waals surface area contributed by atoms with Crippen LogP contribution in [0.2, 0.25) is 0 Å². The number of aliphatic hydroxyl groups excluding tert-OH is 1. The summed E-state index contributed by atoms with van der Waals surface area (Å²) >= 11 is 0. The number of hydrogen-bond donors (Lipinski definition) is 2. The fourth-order valence-corrected chi connectivity index (χ4v) is 5.19. The zero-order valence-corrected chi connectivity index (χ0v) is 12.4. The summed E-state index contributed by atoms with van der Waals surface area (Å²) in [5.74, 6) is -1.01. The number of piperidine rings is 1. The molecular formula is C12H22N2O5S. The third-order valence-electron chi connectivity index (χ3n) is 4.35. The highest BCUT2D eigenvalue weighted by Gasteiger charge is 2.45. The first-order valence-corrected chi connectivity index (χ1v) is 8.41. The summed E-state index contributed by atoms with van der Waals surface area (Å²) in [7, 11) is -3.82. The lowest BCUT2D eigenvalue weighted by molar-refractivity contribution is -0.142. The van der Waals surface area contributed by atoms with Gasteiger partial charge in [-0.3, -0.25) is 4.79 Å². The first-order valence-electron chi connectivity index (χ1n) is 7.02. The van der Waals surface area contributed by atoms with E-state index in [0.717, 1.165) is 10.7 Å². The minimum atomic E-state index is -3.82. The second-order valence-corrected chi connectivity index (χ2v) is 7.43. The Bertz CT molecular complexity index is 466. The molecule has 0 bridgehead atoms. The van der Waals surface area contributed by atoms with E-state index in [9.17, 15) is 23.4 Å². The van der Waals surface area contributed by atoms with Crippen molar-refractivity contribution in [2.75, 3.05) is 19.7 Å². The molecule has 0 aromatic carbocycles. The van der Waals surface area contributed by atoms with Crippen molar-refractivity contribution in [1.82, 2.24) is 8.61 Å². The molecule has 0 saturated carbocycles. The summed E-state index contributed by atoms with van der Waals surface area (Å²) in [6, 6.07) is -1.43. The number of aliphatic carboxylic acids is 1. The van der Waals surface area contributed by atoms with Crippen molar-refractivity contribution in [3.05, 3.63) is 0 Å². The van der Waals surface area contributed by atoms with Crippen LogP contribution in [0, 0.1) is 5.92 Å². The van der Waals surface area contributed by atoms with Crippen molar-refractivity contribution in [2.24, 2.45) is 5.92 Å². The Morgan fingerprint density at radius 1 is 1.20 bits per heavy atom. The fraction of sp³-hybridized carbons (Fsp3) is 0.917.